The third kappa shape index (κ3) is 6.42. The summed E-state index contributed by atoms with van der Waals surface area (Å²) in [5, 5.41) is 16.5. The molecule has 3 aromatic rings. The minimum atomic E-state index is -4.26. The molecule has 3 N–H and O–H groups in total. The molecule has 0 saturated carbocycles. The van der Waals surface area contributed by atoms with Crippen molar-refractivity contribution in [1.29, 1.82) is 0 Å². The van der Waals surface area contributed by atoms with E-state index in [0.717, 1.165) is 0 Å². The van der Waals surface area contributed by atoms with E-state index < -0.39 is 56.6 Å². The van der Waals surface area contributed by atoms with E-state index in [9.17, 15) is 14.5 Å². The van der Waals surface area contributed by atoms with Gasteiger partial charge in [0.1, 0.15) is 30.3 Å². The largest absolute Gasteiger partial charge is 0.462 e. The number of hydrogen-bond donors (Lipinski definition) is 3. The number of rotatable bonds is 12. The molecule has 0 bridgehead atoms. The number of carbonyl (C=O) groups is 1. The quantitative estimate of drug-likeness (QED) is 0.212. The Kier molecular flexibility index (Phi) is 9.06. The lowest BCUT2D eigenvalue weighted by molar-refractivity contribution is -0.149. The molecule has 40 heavy (non-hydrogen) atoms. The Morgan fingerprint density at radius 1 is 1.25 bits per heavy atom. The highest BCUT2D eigenvalue weighted by atomic mass is 31.2. The zero-order valence-corrected chi connectivity index (χ0v) is 23.7. The van der Waals surface area contributed by atoms with E-state index in [0.29, 0.717) is 23.5 Å². The van der Waals surface area contributed by atoms with Crippen LogP contribution in [0.15, 0.2) is 43.0 Å². The highest BCUT2D eigenvalue weighted by molar-refractivity contribution is 7.52. The maximum Gasteiger partial charge on any atom is 0.459 e. The zero-order valence-electron chi connectivity index (χ0n) is 22.9. The van der Waals surface area contributed by atoms with Gasteiger partial charge in [0.2, 0.25) is 0 Å². The van der Waals surface area contributed by atoms with Crippen molar-refractivity contribution in [3.05, 3.63) is 43.0 Å². The fourth-order valence-electron chi connectivity index (χ4n) is 4.18. The van der Waals surface area contributed by atoms with Crippen LogP contribution in [0.3, 0.4) is 0 Å². The number of nitrogens with one attached hydrogen (secondary N) is 2. The highest BCUT2D eigenvalue weighted by Crippen LogP contribution is 2.48. The van der Waals surface area contributed by atoms with E-state index >= 15 is 4.39 Å². The first-order valence-corrected chi connectivity index (χ1v) is 14.4. The fraction of sp³-hybridized carbons (Fsp3) is 0.520. The first kappa shape index (κ1) is 29.8. The molecule has 6 atom stereocenters. The minimum absolute atomic E-state index is 0.199. The molecule has 1 fully saturated rings. The van der Waals surface area contributed by atoms with Crippen molar-refractivity contribution in [1.82, 2.24) is 24.6 Å². The number of aliphatic hydroxyl groups is 1. The van der Waals surface area contributed by atoms with Crippen LogP contribution in [0.5, 0.6) is 5.75 Å². The molecule has 0 radical (unpaired) electrons. The van der Waals surface area contributed by atoms with Gasteiger partial charge < -0.3 is 24.4 Å². The van der Waals surface area contributed by atoms with Gasteiger partial charge in [0.25, 0.3) is 0 Å². The van der Waals surface area contributed by atoms with Crippen LogP contribution >= 0.6 is 7.75 Å². The van der Waals surface area contributed by atoms with Crippen LogP contribution in [-0.4, -0.2) is 73.8 Å². The Morgan fingerprint density at radius 2 is 1.98 bits per heavy atom. The second-order valence-electron chi connectivity index (χ2n) is 9.73. The maximum absolute atomic E-state index is 15.9. The summed E-state index contributed by atoms with van der Waals surface area (Å²) >= 11 is 0. The van der Waals surface area contributed by atoms with E-state index in [2.05, 4.69) is 25.4 Å². The predicted octanol–water partition coefficient (Wildman–Crippen LogP) is 3.38. The summed E-state index contributed by atoms with van der Waals surface area (Å²) in [6.07, 6.45) is -2.02. The number of aliphatic hydroxyl groups excluding tert-OH is 1. The number of hydrogen-bond acceptors (Lipinski definition) is 11. The monoisotopic (exact) mass is 580 g/mol. The Bertz CT molecular complexity index is 1360. The van der Waals surface area contributed by atoms with Crippen LogP contribution < -0.4 is 14.9 Å². The first-order valence-electron chi connectivity index (χ1n) is 12.9. The molecule has 0 spiro atoms. The summed E-state index contributed by atoms with van der Waals surface area (Å²) in [5.41, 5.74) is -1.60. The summed E-state index contributed by atoms with van der Waals surface area (Å²) in [7, 11) is -4.26. The average molecular weight is 581 g/mol. The number of alkyl halides is 1. The van der Waals surface area contributed by atoms with Crippen LogP contribution in [0.4, 0.5) is 10.2 Å². The average Bonchev–Trinajstić information content (AvgIpc) is 3.42. The molecular weight excluding hydrogens is 546 g/mol. The summed E-state index contributed by atoms with van der Waals surface area (Å²) in [6, 6.07) is 7.11. The molecule has 1 unspecified atom stereocenters. The number of carbonyl (C=O) groups excluding carboxylic acids is 1. The Morgan fingerprint density at radius 3 is 2.65 bits per heavy atom. The van der Waals surface area contributed by atoms with Gasteiger partial charge in [-0.3, -0.25) is 13.9 Å². The van der Waals surface area contributed by atoms with Crippen molar-refractivity contribution in [2.75, 3.05) is 18.5 Å². The Balaban J connectivity index is 1.54. The lowest BCUT2D eigenvalue weighted by Crippen LogP contribution is -2.41. The lowest BCUT2D eigenvalue weighted by atomic mass is 9.98. The zero-order chi connectivity index (χ0) is 29.1. The molecule has 2 aromatic heterocycles. The molecule has 218 valence electrons. The number of ether oxygens (including phenoxy) is 2. The lowest BCUT2D eigenvalue weighted by Gasteiger charge is -2.25. The van der Waals surface area contributed by atoms with Crippen molar-refractivity contribution in [2.24, 2.45) is 0 Å². The number of benzene rings is 1. The molecule has 13 nitrogen and oxygen atoms in total. The van der Waals surface area contributed by atoms with E-state index in [4.69, 9.17) is 18.5 Å². The number of aromatic nitrogens is 4. The van der Waals surface area contributed by atoms with Gasteiger partial charge in [0.15, 0.2) is 28.9 Å². The van der Waals surface area contributed by atoms with Gasteiger partial charge in [0.05, 0.1) is 19.0 Å². The minimum Gasteiger partial charge on any atom is -0.462 e. The highest BCUT2D eigenvalue weighted by Gasteiger charge is 2.56. The molecular formula is C25H34FN6O7P. The second kappa shape index (κ2) is 12.1. The standard InChI is InChI=1S/C25H34FN6O7P/c1-6-27-21-19-22(29-13-28-21)32(14-30-19)24-25(5,26)20(33)18(38-24)12-36-40(35,39-17-10-8-7-9-11-17)31-16(4)23(34)37-15(2)3/h7-11,13-16,18,20,24,33H,6,12H2,1-5H3,(H,31,35)(H,27,28,29)/t16-,18-,20-,24-,25-,40?/m1/s1. The summed E-state index contributed by atoms with van der Waals surface area (Å²) in [6.45, 7) is 7.94. The number of para-hydroxylation sites is 1. The van der Waals surface area contributed by atoms with Crippen LogP contribution in [0.25, 0.3) is 11.2 Å². The molecule has 4 rings (SSSR count). The van der Waals surface area contributed by atoms with Gasteiger partial charge in [0, 0.05) is 6.54 Å². The van der Waals surface area contributed by atoms with Gasteiger partial charge in [-0.2, -0.15) is 5.09 Å². The number of esters is 1. The van der Waals surface area contributed by atoms with Crippen molar-refractivity contribution >= 4 is 30.7 Å². The third-order valence-corrected chi connectivity index (χ3v) is 7.75. The van der Waals surface area contributed by atoms with E-state index in [1.165, 1.54) is 31.1 Å². The summed E-state index contributed by atoms with van der Waals surface area (Å²) in [4.78, 5) is 25.0. The SMILES string of the molecule is CCNc1ncnc2c1ncn2[C@@H]1O[C@H](COP(=O)(N[C@H](C)C(=O)OC(C)C)Oc2ccccc2)[C@@H](O)[C@@]1(C)F. The van der Waals surface area contributed by atoms with Gasteiger partial charge in [-0.15, -0.1) is 0 Å². The second-order valence-corrected chi connectivity index (χ2v) is 11.4. The third-order valence-electron chi connectivity index (χ3n) is 6.11. The van der Waals surface area contributed by atoms with Gasteiger partial charge in [-0.1, -0.05) is 18.2 Å². The number of anilines is 1. The smallest absolute Gasteiger partial charge is 0.459 e. The number of fused-ring (bicyclic) bond motifs is 1. The predicted molar refractivity (Wildman–Crippen MR) is 143 cm³/mol. The Labute approximate surface area is 231 Å². The van der Waals surface area contributed by atoms with Crippen molar-refractivity contribution in [3.8, 4) is 5.75 Å². The molecule has 1 saturated heterocycles. The normalized spacial score (nSPS) is 25.1. The van der Waals surface area contributed by atoms with Crippen molar-refractivity contribution in [3.63, 3.8) is 0 Å². The maximum atomic E-state index is 15.9. The van der Waals surface area contributed by atoms with Crippen molar-refractivity contribution in [2.45, 2.75) is 70.9 Å². The van der Waals surface area contributed by atoms with Crippen LogP contribution in [-0.2, 0) is 23.4 Å². The molecule has 1 aliphatic heterocycles. The van der Waals surface area contributed by atoms with E-state index in [1.54, 1.807) is 44.2 Å². The summed E-state index contributed by atoms with van der Waals surface area (Å²) in [5.74, 6) is 0.000266. The first-order chi connectivity index (χ1) is 18.9. The topological polar surface area (TPSA) is 159 Å². The van der Waals surface area contributed by atoms with E-state index in [1.807, 2.05) is 6.92 Å². The molecule has 15 heteroatoms. The van der Waals surface area contributed by atoms with Crippen LogP contribution in [0.1, 0.15) is 40.8 Å². The number of halogens is 1. The molecule has 0 aliphatic carbocycles. The van der Waals surface area contributed by atoms with Crippen LogP contribution in [0.2, 0.25) is 0 Å². The fourth-order valence-corrected chi connectivity index (χ4v) is 5.68. The molecule has 0 amide bonds. The Hall–Kier alpha value is -3.16. The number of nitrogens with zero attached hydrogens (tertiary/aromatic N) is 4. The van der Waals surface area contributed by atoms with Crippen LogP contribution in [0, 0.1) is 0 Å². The molecule has 1 aromatic carbocycles. The van der Waals surface area contributed by atoms with Crippen molar-refractivity contribution < 1.29 is 37.4 Å². The summed E-state index contributed by atoms with van der Waals surface area (Å²) < 4.78 is 53.4. The van der Waals surface area contributed by atoms with Gasteiger partial charge in [-0.25, -0.2) is 23.9 Å². The van der Waals surface area contributed by atoms with E-state index in [-0.39, 0.29) is 5.75 Å². The number of imidazole rings is 1. The van der Waals surface area contributed by atoms with Gasteiger partial charge in [-0.05, 0) is 46.8 Å². The van der Waals surface area contributed by atoms with Gasteiger partial charge >= 0.3 is 13.7 Å². The molecule has 1 aliphatic rings. The molecule has 3 heterocycles.